The summed E-state index contributed by atoms with van der Waals surface area (Å²) >= 11 is 4.31. The van der Waals surface area contributed by atoms with Crippen LogP contribution in [0.15, 0.2) is 56.6 Å². The van der Waals surface area contributed by atoms with Crippen LogP contribution in [0.4, 0.5) is 10.8 Å². The van der Waals surface area contributed by atoms with Crippen molar-refractivity contribution in [3.63, 3.8) is 0 Å². The highest BCUT2D eigenvalue weighted by molar-refractivity contribution is 8.01. The van der Waals surface area contributed by atoms with E-state index in [1.54, 1.807) is 11.8 Å². The molecule has 26 heavy (non-hydrogen) atoms. The normalized spacial score (nSPS) is 10.7. The first kappa shape index (κ1) is 18.8. The second-order valence-corrected chi connectivity index (χ2v) is 8.99. The van der Waals surface area contributed by atoms with Gasteiger partial charge in [-0.3, -0.25) is 4.79 Å². The van der Waals surface area contributed by atoms with Gasteiger partial charge in [0, 0.05) is 15.5 Å². The van der Waals surface area contributed by atoms with Crippen LogP contribution in [0.25, 0.3) is 0 Å². The van der Waals surface area contributed by atoms with Crippen molar-refractivity contribution in [3.8, 4) is 0 Å². The largest absolute Gasteiger partial charge is 0.374 e. The molecule has 0 aliphatic carbocycles. The molecule has 0 radical (unpaired) electrons. The number of aromatic nitrogens is 2. The van der Waals surface area contributed by atoms with Crippen molar-refractivity contribution in [2.75, 3.05) is 16.8 Å². The van der Waals surface area contributed by atoms with E-state index in [9.17, 15) is 4.79 Å². The molecule has 5 nitrogen and oxygen atoms in total. The Hall–Kier alpha value is -2.03. The fraction of sp³-hybridized carbons (Fsp3) is 0.167. The van der Waals surface area contributed by atoms with E-state index in [1.807, 2.05) is 24.3 Å². The van der Waals surface area contributed by atoms with Crippen LogP contribution in [0, 0.1) is 13.8 Å². The van der Waals surface area contributed by atoms with Gasteiger partial charge < -0.3 is 11.1 Å². The summed E-state index contributed by atoms with van der Waals surface area (Å²) in [6, 6.07) is 14.3. The maximum absolute atomic E-state index is 12.0. The highest BCUT2D eigenvalue weighted by Crippen LogP contribution is 2.30. The Morgan fingerprint density at radius 3 is 2.46 bits per heavy atom. The molecular weight excluding hydrogens is 384 g/mol. The first-order chi connectivity index (χ1) is 12.5. The summed E-state index contributed by atoms with van der Waals surface area (Å²) in [6.07, 6.45) is 0. The summed E-state index contributed by atoms with van der Waals surface area (Å²) in [5, 5.41) is 10.9. The van der Waals surface area contributed by atoms with Gasteiger partial charge in [0.25, 0.3) is 0 Å². The summed E-state index contributed by atoms with van der Waals surface area (Å²) in [6.45, 7) is 4.23. The second-order valence-electron chi connectivity index (χ2n) is 5.62. The highest BCUT2D eigenvalue weighted by atomic mass is 32.2. The lowest BCUT2D eigenvalue weighted by molar-refractivity contribution is -0.113. The molecule has 1 heterocycles. The quantitative estimate of drug-likeness (QED) is 0.586. The molecule has 0 saturated heterocycles. The summed E-state index contributed by atoms with van der Waals surface area (Å²) in [7, 11) is 0. The van der Waals surface area contributed by atoms with Crippen LogP contribution in [0.3, 0.4) is 0 Å². The molecule has 1 aromatic heterocycles. The fourth-order valence-corrected chi connectivity index (χ4v) is 4.48. The number of amides is 1. The third kappa shape index (κ3) is 5.23. The van der Waals surface area contributed by atoms with E-state index in [0.717, 1.165) is 10.6 Å². The Morgan fingerprint density at radius 2 is 1.81 bits per heavy atom. The molecule has 8 heteroatoms. The number of aryl methyl sites for hydroxylation is 2. The Kier molecular flexibility index (Phi) is 6.18. The van der Waals surface area contributed by atoms with E-state index >= 15 is 0 Å². The molecule has 0 atom stereocenters. The van der Waals surface area contributed by atoms with Gasteiger partial charge in [0.2, 0.25) is 11.0 Å². The molecule has 1 amide bonds. The zero-order valence-electron chi connectivity index (χ0n) is 14.4. The molecule has 0 aliphatic rings. The van der Waals surface area contributed by atoms with Crippen LogP contribution < -0.4 is 11.1 Å². The van der Waals surface area contributed by atoms with Crippen molar-refractivity contribution in [2.24, 2.45) is 0 Å². The molecule has 0 bridgehead atoms. The maximum Gasteiger partial charge on any atom is 0.234 e. The number of hydrogen-bond acceptors (Lipinski definition) is 7. The van der Waals surface area contributed by atoms with Crippen molar-refractivity contribution >= 4 is 51.6 Å². The molecule has 0 saturated carbocycles. The third-order valence-electron chi connectivity index (χ3n) is 3.60. The summed E-state index contributed by atoms with van der Waals surface area (Å²) in [4.78, 5) is 14.4. The standard InChI is InChI=1S/C18H18N4OS3/c1-11-3-6-15(9-12(11)2)25-14-7-4-13(5-8-14)20-16(23)10-24-18-22-21-17(19)26-18/h3-9H,10H2,1-2H3,(H2,19,21)(H,20,23). The Balaban J connectivity index is 1.53. The van der Waals surface area contributed by atoms with Crippen molar-refractivity contribution < 1.29 is 4.79 Å². The van der Waals surface area contributed by atoms with E-state index in [-0.39, 0.29) is 11.7 Å². The third-order valence-corrected chi connectivity index (χ3v) is 6.48. The number of carbonyl (C=O) groups excluding carboxylic acids is 1. The van der Waals surface area contributed by atoms with Gasteiger partial charge in [-0.25, -0.2) is 0 Å². The van der Waals surface area contributed by atoms with E-state index in [0.29, 0.717) is 9.47 Å². The summed E-state index contributed by atoms with van der Waals surface area (Å²) in [5.74, 6) is 0.187. The second kappa shape index (κ2) is 8.57. The molecule has 3 rings (SSSR count). The zero-order chi connectivity index (χ0) is 18.5. The minimum absolute atomic E-state index is 0.0849. The average Bonchev–Trinajstić information content (AvgIpc) is 3.04. The smallest absolute Gasteiger partial charge is 0.234 e. The van der Waals surface area contributed by atoms with Crippen LogP contribution in [0.5, 0.6) is 0 Å². The fourth-order valence-electron chi connectivity index (χ4n) is 2.12. The number of anilines is 2. The number of rotatable bonds is 6. The molecule has 3 N–H and O–H groups in total. The van der Waals surface area contributed by atoms with Crippen molar-refractivity contribution in [1.82, 2.24) is 10.2 Å². The van der Waals surface area contributed by atoms with Gasteiger partial charge in [0.1, 0.15) is 0 Å². The van der Waals surface area contributed by atoms with Crippen LogP contribution in [-0.2, 0) is 4.79 Å². The number of thioether (sulfide) groups is 1. The summed E-state index contributed by atoms with van der Waals surface area (Å²) < 4.78 is 0.692. The lowest BCUT2D eigenvalue weighted by Gasteiger charge is -2.07. The Bertz CT molecular complexity index is 909. The molecular formula is C18H18N4OS3. The lowest BCUT2D eigenvalue weighted by atomic mass is 10.1. The number of nitrogens with two attached hydrogens (primary N) is 1. The van der Waals surface area contributed by atoms with Crippen molar-refractivity contribution in [1.29, 1.82) is 0 Å². The lowest BCUT2D eigenvalue weighted by Crippen LogP contribution is -2.13. The molecule has 3 aromatic rings. The first-order valence-electron chi connectivity index (χ1n) is 7.86. The predicted molar refractivity (Wildman–Crippen MR) is 110 cm³/mol. The van der Waals surface area contributed by atoms with Crippen molar-refractivity contribution in [2.45, 2.75) is 28.0 Å². The summed E-state index contributed by atoms with van der Waals surface area (Å²) in [5.41, 5.74) is 8.88. The topological polar surface area (TPSA) is 80.9 Å². The number of benzene rings is 2. The molecule has 0 unspecified atom stereocenters. The van der Waals surface area contributed by atoms with Crippen LogP contribution in [0.2, 0.25) is 0 Å². The Morgan fingerprint density at radius 1 is 1.08 bits per heavy atom. The number of nitrogens with one attached hydrogen (secondary N) is 1. The number of nitrogen functional groups attached to an aromatic ring is 1. The molecule has 2 aromatic carbocycles. The van der Waals surface area contributed by atoms with Crippen LogP contribution in [0.1, 0.15) is 11.1 Å². The van der Waals surface area contributed by atoms with Gasteiger partial charge in [0.05, 0.1) is 5.75 Å². The molecule has 0 fully saturated rings. The monoisotopic (exact) mass is 402 g/mol. The maximum atomic E-state index is 12.0. The number of nitrogens with zero attached hydrogens (tertiary/aromatic N) is 2. The predicted octanol–water partition coefficient (Wildman–Crippen LogP) is 4.62. The average molecular weight is 403 g/mol. The van der Waals surface area contributed by atoms with Gasteiger partial charge in [-0.15, -0.1) is 10.2 Å². The van der Waals surface area contributed by atoms with Gasteiger partial charge in [0.15, 0.2) is 4.34 Å². The minimum Gasteiger partial charge on any atom is -0.374 e. The molecule has 0 aliphatic heterocycles. The van der Waals surface area contributed by atoms with Crippen LogP contribution in [-0.4, -0.2) is 21.9 Å². The minimum atomic E-state index is -0.0849. The van der Waals surface area contributed by atoms with E-state index < -0.39 is 0 Å². The van der Waals surface area contributed by atoms with E-state index in [1.165, 1.54) is 39.1 Å². The van der Waals surface area contributed by atoms with Gasteiger partial charge in [-0.1, -0.05) is 40.9 Å². The van der Waals surface area contributed by atoms with E-state index in [2.05, 4.69) is 47.6 Å². The molecule has 134 valence electrons. The zero-order valence-corrected chi connectivity index (χ0v) is 16.8. The Labute approximate surface area is 164 Å². The van der Waals surface area contributed by atoms with Crippen molar-refractivity contribution in [3.05, 3.63) is 53.6 Å². The van der Waals surface area contributed by atoms with Gasteiger partial charge in [-0.05, 0) is 61.4 Å². The van der Waals surface area contributed by atoms with Gasteiger partial charge >= 0.3 is 0 Å². The highest BCUT2D eigenvalue weighted by Gasteiger charge is 2.07. The number of carbonyl (C=O) groups is 1. The van der Waals surface area contributed by atoms with Gasteiger partial charge in [-0.2, -0.15) is 0 Å². The van der Waals surface area contributed by atoms with Crippen LogP contribution >= 0.6 is 34.9 Å². The molecule has 0 spiro atoms. The SMILES string of the molecule is Cc1ccc(Sc2ccc(NC(=O)CSc3nnc(N)s3)cc2)cc1C. The first-order valence-corrected chi connectivity index (χ1v) is 10.5. The number of hydrogen-bond donors (Lipinski definition) is 2. The van der Waals surface area contributed by atoms with E-state index in [4.69, 9.17) is 5.73 Å².